The van der Waals surface area contributed by atoms with Crippen LogP contribution < -0.4 is 5.73 Å². The maximum absolute atomic E-state index is 5.91. The van der Waals surface area contributed by atoms with Gasteiger partial charge in [-0.3, -0.25) is 0 Å². The first kappa shape index (κ1) is 10.6. The fourth-order valence-corrected chi connectivity index (χ4v) is 2.94. The maximum atomic E-state index is 5.91. The molecule has 0 heterocycles. The molecule has 1 aromatic rings. The number of anilines is 1. The van der Waals surface area contributed by atoms with Crippen molar-refractivity contribution in [2.24, 2.45) is 0 Å². The molecule has 13 heavy (non-hydrogen) atoms. The zero-order valence-corrected chi connectivity index (χ0v) is 10.2. The molecule has 1 rings (SSSR count). The smallest absolute Gasteiger partial charge is 0.0488 e. The standard InChI is InChI=1S/C10H16ClNSi/c1-13(2,3)7-8-6-9(11)4-5-10(8)12/h4-6H,7,12H2,1-3H3. The molecule has 0 aliphatic heterocycles. The normalized spacial score (nSPS) is 11.7. The lowest BCUT2D eigenvalue weighted by molar-refractivity contribution is 1.31. The van der Waals surface area contributed by atoms with Crippen molar-refractivity contribution in [1.29, 1.82) is 0 Å². The van der Waals surface area contributed by atoms with Crippen LogP contribution in [0, 0.1) is 0 Å². The summed E-state index contributed by atoms with van der Waals surface area (Å²) in [5.41, 5.74) is 7.93. The van der Waals surface area contributed by atoms with E-state index in [0.717, 1.165) is 16.8 Å². The molecule has 0 atom stereocenters. The second-order valence-electron chi connectivity index (χ2n) is 4.58. The zero-order valence-electron chi connectivity index (χ0n) is 8.39. The van der Waals surface area contributed by atoms with Crippen LogP contribution in [-0.4, -0.2) is 8.07 Å². The second kappa shape index (κ2) is 3.72. The summed E-state index contributed by atoms with van der Waals surface area (Å²) >= 11 is 5.91. The molecule has 0 fully saturated rings. The Kier molecular flexibility index (Phi) is 3.04. The minimum absolute atomic E-state index is 0.780. The van der Waals surface area contributed by atoms with Gasteiger partial charge in [0.1, 0.15) is 0 Å². The van der Waals surface area contributed by atoms with E-state index in [1.807, 2.05) is 18.2 Å². The minimum Gasteiger partial charge on any atom is -0.399 e. The van der Waals surface area contributed by atoms with E-state index in [1.54, 1.807) is 0 Å². The van der Waals surface area contributed by atoms with E-state index in [-0.39, 0.29) is 0 Å². The van der Waals surface area contributed by atoms with Crippen LogP contribution in [0.25, 0.3) is 0 Å². The number of halogens is 1. The lowest BCUT2D eigenvalue weighted by atomic mass is 10.2. The van der Waals surface area contributed by atoms with Gasteiger partial charge in [-0.25, -0.2) is 0 Å². The van der Waals surface area contributed by atoms with E-state index in [2.05, 4.69) is 19.6 Å². The van der Waals surface area contributed by atoms with Crippen molar-refractivity contribution >= 4 is 25.4 Å². The third kappa shape index (κ3) is 3.41. The molecule has 2 N–H and O–H groups in total. The summed E-state index contributed by atoms with van der Waals surface area (Å²) in [5.74, 6) is 0. The van der Waals surface area contributed by atoms with Crippen LogP contribution in [0.2, 0.25) is 24.7 Å². The predicted molar refractivity (Wildman–Crippen MR) is 62.9 cm³/mol. The van der Waals surface area contributed by atoms with E-state index in [1.165, 1.54) is 5.56 Å². The molecular formula is C10H16ClNSi. The van der Waals surface area contributed by atoms with Gasteiger partial charge in [-0.2, -0.15) is 0 Å². The van der Waals surface area contributed by atoms with E-state index in [4.69, 9.17) is 17.3 Å². The number of nitrogens with two attached hydrogens (primary N) is 1. The topological polar surface area (TPSA) is 26.0 Å². The van der Waals surface area contributed by atoms with Gasteiger partial charge in [0.15, 0.2) is 0 Å². The summed E-state index contributed by atoms with van der Waals surface area (Å²) in [6, 6.07) is 6.80. The largest absolute Gasteiger partial charge is 0.399 e. The Labute approximate surface area is 85.9 Å². The number of rotatable bonds is 2. The lowest BCUT2D eigenvalue weighted by Crippen LogP contribution is -2.24. The summed E-state index contributed by atoms with van der Waals surface area (Å²) in [5, 5.41) is 0.780. The Balaban J connectivity index is 2.94. The number of benzene rings is 1. The molecule has 0 radical (unpaired) electrons. The molecule has 0 bridgehead atoms. The highest BCUT2D eigenvalue weighted by Gasteiger charge is 2.15. The minimum atomic E-state index is -1.09. The molecule has 0 saturated heterocycles. The molecule has 0 aromatic heterocycles. The molecule has 3 heteroatoms. The highest BCUT2D eigenvalue weighted by molar-refractivity contribution is 6.75. The van der Waals surface area contributed by atoms with Crippen LogP contribution in [0.5, 0.6) is 0 Å². The van der Waals surface area contributed by atoms with Crippen molar-refractivity contribution in [2.75, 3.05) is 5.73 Å². The van der Waals surface area contributed by atoms with Crippen LogP contribution in [0.15, 0.2) is 18.2 Å². The Morgan fingerprint density at radius 2 is 1.92 bits per heavy atom. The Morgan fingerprint density at radius 1 is 1.31 bits per heavy atom. The van der Waals surface area contributed by atoms with Gasteiger partial charge in [0.25, 0.3) is 0 Å². The third-order valence-corrected chi connectivity index (χ3v) is 3.50. The van der Waals surface area contributed by atoms with E-state index in [9.17, 15) is 0 Å². The van der Waals surface area contributed by atoms with Crippen molar-refractivity contribution < 1.29 is 0 Å². The molecule has 72 valence electrons. The van der Waals surface area contributed by atoms with Gasteiger partial charge in [-0.15, -0.1) is 0 Å². The summed E-state index contributed by atoms with van der Waals surface area (Å²) in [7, 11) is -1.09. The molecule has 0 aliphatic rings. The van der Waals surface area contributed by atoms with Crippen molar-refractivity contribution in [1.82, 2.24) is 0 Å². The molecule has 1 nitrogen and oxygen atoms in total. The van der Waals surface area contributed by atoms with Crippen molar-refractivity contribution in [3.63, 3.8) is 0 Å². The van der Waals surface area contributed by atoms with Gasteiger partial charge in [0, 0.05) is 18.8 Å². The zero-order chi connectivity index (χ0) is 10.1. The fraction of sp³-hybridized carbons (Fsp3) is 0.400. The van der Waals surface area contributed by atoms with Gasteiger partial charge in [0.2, 0.25) is 0 Å². The molecule has 1 aromatic carbocycles. The van der Waals surface area contributed by atoms with Crippen molar-refractivity contribution in [2.45, 2.75) is 25.7 Å². The average Bonchev–Trinajstić information content (AvgIpc) is 1.94. The van der Waals surface area contributed by atoms with Crippen LogP contribution in [0.4, 0.5) is 5.69 Å². The first-order valence-electron chi connectivity index (χ1n) is 4.42. The first-order chi connectivity index (χ1) is 5.88. The van der Waals surface area contributed by atoms with Gasteiger partial charge in [-0.05, 0) is 29.8 Å². The fourth-order valence-electron chi connectivity index (χ4n) is 1.30. The third-order valence-electron chi connectivity index (χ3n) is 1.83. The monoisotopic (exact) mass is 213 g/mol. The van der Waals surface area contributed by atoms with Crippen LogP contribution in [0.1, 0.15) is 5.56 Å². The molecule has 0 amide bonds. The first-order valence-corrected chi connectivity index (χ1v) is 8.51. The van der Waals surface area contributed by atoms with Crippen LogP contribution in [-0.2, 0) is 6.04 Å². The Bertz CT molecular complexity index is 304. The van der Waals surface area contributed by atoms with E-state index < -0.39 is 8.07 Å². The lowest BCUT2D eigenvalue weighted by Gasteiger charge is -2.17. The highest BCUT2D eigenvalue weighted by Crippen LogP contribution is 2.21. The van der Waals surface area contributed by atoms with Gasteiger partial charge < -0.3 is 5.73 Å². The summed E-state index contributed by atoms with van der Waals surface area (Å²) in [6.45, 7) is 6.98. The molecule has 0 unspecified atom stereocenters. The van der Waals surface area contributed by atoms with E-state index >= 15 is 0 Å². The SMILES string of the molecule is C[Si](C)(C)Cc1cc(Cl)ccc1N. The Morgan fingerprint density at radius 3 is 2.46 bits per heavy atom. The van der Waals surface area contributed by atoms with Crippen LogP contribution in [0.3, 0.4) is 0 Å². The Hall–Kier alpha value is -0.473. The number of nitrogen functional groups attached to an aromatic ring is 1. The van der Waals surface area contributed by atoms with E-state index in [0.29, 0.717) is 0 Å². The quantitative estimate of drug-likeness (QED) is 0.592. The summed E-state index contributed by atoms with van der Waals surface area (Å²) < 4.78 is 0. The average molecular weight is 214 g/mol. The van der Waals surface area contributed by atoms with Crippen LogP contribution >= 0.6 is 11.6 Å². The highest BCUT2D eigenvalue weighted by atomic mass is 35.5. The molecular weight excluding hydrogens is 198 g/mol. The molecule has 0 aliphatic carbocycles. The maximum Gasteiger partial charge on any atom is 0.0488 e. The second-order valence-corrected chi connectivity index (χ2v) is 10.5. The van der Waals surface area contributed by atoms with Crippen molar-refractivity contribution in [3.8, 4) is 0 Å². The predicted octanol–water partition coefficient (Wildman–Crippen LogP) is 3.34. The van der Waals surface area contributed by atoms with Gasteiger partial charge in [0.05, 0.1) is 0 Å². The number of hydrogen-bond acceptors (Lipinski definition) is 1. The molecule has 0 spiro atoms. The summed E-state index contributed by atoms with van der Waals surface area (Å²) in [6.07, 6.45) is 0. The van der Waals surface area contributed by atoms with Gasteiger partial charge >= 0.3 is 0 Å². The van der Waals surface area contributed by atoms with Crippen molar-refractivity contribution in [3.05, 3.63) is 28.8 Å². The number of hydrogen-bond donors (Lipinski definition) is 1. The van der Waals surface area contributed by atoms with Gasteiger partial charge in [-0.1, -0.05) is 31.2 Å². The molecule has 0 saturated carbocycles. The summed E-state index contributed by atoms with van der Waals surface area (Å²) in [4.78, 5) is 0.